The van der Waals surface area contributed by atoms with Crippen molar-refractivity contribution in [2.24, 2.45) is 5.14 Å². The molecule has 104 valence electrons. The summed E-state index contributed by atoms with van der Waals surface area (Å²) < 4.78 is 28.1. The molecule has 0 saturated heterocycles. The Hall–Kier alpha value is -0.630. The van der Waals surface area contributed by atoms with Crippen molar-refractivity contribution in [1.29, 1.82) is 0 Å². The number of hydrogen-bond donors (Lipinski definition) is 1. The van der Waals surface area contributed by atoms with Gasteiger partial charge in [-0.2, -0.15) is 0 Å². The topological polar surface area (TPSA) is 86.5 Å². The average molecular weight is 369 g/mol. The second kappa shape index (κ2) is 5.40. The highest BCUT2D eigenvalue weighted by atomic mass is 79.9. The van der Waals surface area contributed by atoms with Crippen molar-refractivity contribution in [3.63, 3.8) is 0 Å². The highest BCUT2D eigenvalue weighted by Crippen LogP contribution is 2.31. The minimum Gasteiger partial charge on any atom is -0.459 e. The van der Waals surface area contributed by atoms with Crippen molar-refractivity contribution in [2.75, 3.05) is 0 Å². The van der Waals surface area contributed by atoms with Crippen LogP contribution < -0.4 is 5.14 Å². The maximum atomic E-state index is 11.9. The van der Waals surface area contributed by atoms with Crippen LogP contribution in [0.3, 0.4) is 0 Å². The van der Waals surface area contributed by atoms with Gasteiger partial charge in [0.25, 0.3) is 0 Å². The van der Waals surface area contributed by atoms with Crippen LogP contribution in [0.15, 0.2) is 21.5 Å². The van der Waals surface area contributed by atoms with Gasteiger partial charge in [-0.3, -0.25) is 0 Å². The number of halogens is 2. The second-order valence-electron chi connectivity index (χ2n) is 4.27. The molecule has 0 spiro atoms. The van der Waals surface area contributed by atoms with Crippen LogP contribution in [0.1, 0.15) is 29.6 Å². The SMILES string of the molecule is NS(=O)(=O)c1cc(Br)c(Cl)c(C(=O)OC2CCC2)c1. The van der Waals surface area contributed by atoms with Crippen molar-refractivity contribution in [3.05, 3.63) is 27.2 Å². The predicted molar refractivity (Wildman–Crippen MR) is 73.6 cm³/mol. The third kappa shape index (κ3) is 3.28. The first kappa shape index (κ1) is 14.8. The lowest BCUT2D eigenvalue weighted by Crippen LogP contribution is -2.25. The molecule has 0 aliphatic heterocycles. The Labute approximate surface area is 124 Å². The van der Waals surface area contributed by atoms with Gasteiger partial charge in [-0.15, -0.1) is 0 Å². The van der Waals surface area contributed by atoms with Crippen LogP contribution in [0.25, 0.3) is 0 Å². The van der Waals surface area contributed by atoms with Crippen molar-refractivity contribution in [3.8, 4) is 0 Å². The van der Waals surface area contributed by atoms with Gasteiger partial charge in [0.2, 0.25) is 10.0 Å². The second-order valence-corrected chi connectivity index (χ2v) is 7.06. The first-order chi connectivity index (χ1) is 8.79. The Kier molecular flexibility index (Phi) is 4.20. The van der Waals surface area contributed by atoms with E-state index in [1.165, 1.54) is 6.07 Å². The van der Waals surface area contributed by atoms with Crippen LogP contribution in [0, 0.1) is 0 Å². The van der Waals surface area contributed by atoms with Gasteiger partial charge in [-0.1, -0.05) is 11.6 Å². The molecule has 1 saturated carbocycles. The molecule has 19 heavy (non-hydrogen) atoms. The van der Waals surface area contributed by atoms with E-state index in [4.69, 9.17) is 21.5 Å². The monoisotopic (exact) mass is 367 g/mol. The van der Waals surface area contributed by atoms with E-state index in [0.29, 0.717) is 0 Å². The first-order valence-electron chi connectivity index (χ1n) is 5.52. The van der Waals surface area contributed by atoms with E-state index in [2.05, 4.69) is 15.9 Å². The molecule has 0 aromatic heterocycles. The number of ether oxygens (including phenoxy) is 1. The van der Waals surface area contributed by atoms with E-state index >= 15 is 0 Å². The quantitative estimate of drug-likeness (QED) is 0.830. The lowest BCUT2D eigenvalue weighted by atomic mass is 9.96. The summed E-state index contributed by atoms with van der Waals surface area (Å²) >= 11 is 9.07. The molecule has 5 nitrogen and oxygen atoms in total. The van der Waals surface area contributed by atoms with E-state index < -0.39 is 16.0 Å². The van der Waals surface area contributed by atoms with Crippen LogP contribution in [0.2, 0.25) is 5.02 Å². The van der Waals surface area contributed by atoms with Crippen LogP contribution >= 0.6 is 27.5 Å². The Bertz CT molecular complexity index is 628. The van der Waals surface area contributed by atoms with Crippen LogP contribution in [-0.2, 0) is 14.8 Å². The summed E-state index contributed by atoms with van der Waals surface area (Å²) in [7, 11) is -3.91. The molecule has 8 heteroatoms. The zero-order chi connectivity index (χ0) is 14.2. The van der Waals surface area contributed by atoms with Crippen LogP contribution in [0.4, 0.5) is 0 Å². The fourth-order valence-electron chi connectivity index (χ4n) is 1.58. The maximum Gasteiger partial charge on any atom is 0.340 e. The highest BCUT2D eigenvalue weighted by Gasteiger charge is 2.25. The highest BCUT2D eigenvalue weighted by molar-refractivity contribution is 9.10. The minimum absolute atomic E-state index is 0.00744. The van der Waals surface area contributed by atoms with Gasteiger partial charge in [0, 0.05) is 4.47 Å². The Morgan fingerprint density at radius 1 is 1.42 bits per heavy atom. The third-order valence-corrected chi connectivity index (χ3v) is 5.03. The molecule has 1 aliphatic carbocycles. The number of carbonyl (C=O) groups excluding carboxylic acids is 1. The van der Waals surface area contributed by atoms with Gasteiger partial charge in [0.15, 0.2) is 0 Å². The number of primary sulfonamides is 1. The molecule has 0 bridgehead atoms. The molecule has 0 heterocycles. The van der Waals surface area contributed by atoms with Crippen molar-refractivity contribution >= 4 is 43.5 Å². The van der Waals surface area contributed by atoms with Gasteiger partial charge in [-0.05, 0) is 47.3 Å². The number of hydrogen-bond acceptors (Lipinski definition) is 4. The molecule has 2 rings (SSSR count). The number of rotatable bonds is 3. The lowest BCUT2D eigenvalue weighted by molar-refractivity contribution is 0.00899. The normalized spacial score (nSPS) is 15.9. The van der Waals surface area contributed by atoms with Gasteiger partial charge in [-0.25, -0.2) is 18.4 Å². The minimum atomic E-state index is -3.91. The summed E-state index contributed by atoms with van der Waals surface area (Å²) in [6.45, 7) is 0. The Morgan fingerprint density at radius 2 is 2.05 bits per heavy atom. The molecule has 0 unspecified atom stereocenters. The molecule has 0 atom stereocenters. The van der Waals surface area contributed by atoms with E-state index in [-0.39, 0.29) is 26.1 Å². The van der Waals surface area contributed by atoms with E-state index in [9.17, 15) is 13.2 Å². The van der Waals surface area contributed by atoms with Crippen LogP contribution in [-0.4, -0.2) is 20.5 Å². The smallest absolute Gasteiger partial charge is 0.340 e. The summed E-state index contributed by atoms with van der Waals surface area (Å²) in [4.78, 5) is 11.7. The van der Waals surface area contributed by atoms with E-state index in [1.807, 2.05) is 0 Å². The zero-order valence-corrected chi connectivity index (χ0v) is 12.9. The maximum absolute atomic E-state index is 11.9. The fourth-order valence-corrected chi connectivity index (χ4v) is 2.94. The number of esters is 1. The van der Waals surface area contributed by atoms with Gasteiger partial charge in [0.05, 0.1) is 15.5 Å². The molecule has 1 fully saturated rings. The van der Waals surface area contributed by atoms with Gasteiger partial charge in [0.1, 0.15) is 6.10 Å². The number of carbonyl (C=O) groups is 1. The number of benzene rings is 1. The van der Waals surface area contributed by atoms with E-state index in [0.717, 1.165) is 25.3 Å². The van der Waals surface area contributed by atoms with Crippen molar-refractivity contribution in [1.82, 2.24) is 0 Å². The average Bonchev–Trinajstić information content (AvgIpc) is 2.25. The lowest BCUT2D eigenvalue weighted by Gasteiger charge is -2.25. The number of nitrogens with two attached hydrogens (primary N) is 1. The summed E-state index contributed by atoms with van der Waals surface area (Å²) in [5.41, 5.74) is -0.00744. The van der Waals surface area contributed by atoms with Crippen LogP contribution in [0.5, 0.6) is 0 Å². The Morgan fingerprint density at radius 3 is 2.53 bits per heavy atom. The molecule has 0 radical (unpaired) electrons. The fraction of sp³-hybridized carbons (Fsp3) is 0.364. The van der Waals surface area contributed by atoms with Gasteiger partial charge >= 0.3 is 5.97 Å². The third-order valence-electron chi connectivity index (χ3n) is 2.88. The largest absolute Gasteiger partial charge is 0.459 e. The number of sulfonamides is 1. The summed E-state index contributed by atoms with van der Waals surface area (Å²) in [5.74, 6) is -0.638. The first-order valence-corrected chi connectivity index (χ1v) is 8.23. The summed E-state index contributed by atoms with van der Waals surface area (Å²) in [6.07, 6.45) is 2.55. The molecule has 0 amide bonds. The van der Waals surface area contributed by atoms with Crippen molar-refractivity contribution in [2.45, 2.75) is 30.3 Å². The predicted octanol–water partition coefficient (Wildman–Crippen LogP) is 2.46. The standard InChI is InChI=1S/C11H11BrClNO4S/c12-9-5-7(19(14,16)17)4-8(10(9)13)11(15)18-6-2-1-3-6/h4-6H,1-3H2,(H2,14,16,17). The summed E-state index contributed by atoms with van der Waals surface area (Å²) in [5, 5.41) is 5.15. The van der Waals surface area contributed by atoms with Crippen molar-refractivity contribution < 1.29 is 17.9 Å². The molecular weight excluding hydrogens is 358 g/mol. The molecule has 1 aliphatic rings. The zero-order valence-electron chi connectivity index (χ0n) is 9.73. The molecule has 1 aromatic carbocycles. The molecular formula is C11H11BrClNO4S. The van der Waals surface area contributed by atoms with Gasteiger partial charge < -0.3 is 4.74 Å². The van der Waals surface area contributed by atoms with E-state index in [1.54, 1.807) is 0 Å². The molecule has 1 aromatic rings. The Balaban J connectivity index is 2.37. The molecule has 2 N–H and O–H groups in total. The summed E-state index contributed by atoms with van der Waals surface area (Å²) in [6, 6.07) is 2.38.